The van der Waals surface area contributed by atoms with Crippen LogP contribution < -0.4 is 10.7 Å². The summed E-state index contributed by atoms with van der Waals surface area (Å²) < 4.78 is 0. The van der Waals surface area contributed by atoms with Gasteiger partial charge >= 0.3 is 5.97 Å². The summed E-state index contributed by atoms with van der Waals surface area (Å²) in [5.41, 5.74) is 6.38. The van der Waals surface area contributed by atoms with Gasteiger partial charge in [0.05, 0.1) is 12.1 Å². The van der Waals surface area contributed by atoms with Gasteiger partial charge in [0.15, 0.2) is 0 Å². The van der Waals surface area contributed by atoms with Crippen molar-refractivity contribution in [3.63, 3.8) is 0 Å². The predicted molar refractivity (Wildman–Crippen MR) is 92.5 cm³/mol. The molecule has 2 aromatic carbocycles. The number of hydroxylamine groups is 1. The van der Waals surface area contributed by atoms with E-state index in [9.17, 15) is 4.79 Å². The Kier molecular flexibility index (Phi) is 5.30. The lowest BCUT2D eigenvalue weighted by molar-refractivity contribution is 0.0237. The number of hydrogen-bond acceptors (Lipinski definition) is 3. The van der Waals surface area contributed by atoms with Crippen LogP contribution in [0, 0.1) is 0 Å². The molecule has 0 aliphatic carbocycles. The molecule has 0 aliphatic heterocycles. The van der Waals surface area contributed by atoms with E-state index in [0.29, 0.717) is 12.1 Å². The third-order valence-electron chi connectivity index (χ3n) is 3.66. The van der Waals surface area contributed by atoms with Crippen LogP contribution in [0.2, 0.25) is 13.1 Å². The lowest BCUT2D eigenvalue weighted by atomic mass is 10.2. The molecule has 2 aromatic rings. The van der Waals surface area contributed by atoms with Crippen LogP contribution in [-0.4, -0.2) is 14.0 Å². The van der Waals surface area contributed by atoms with Crippen molar-refractivity contribution in [3.05, 3.63) is 78.0 Å². The molecule has 2 rings (SSSR count). The highest BCUT2D eigenvalue weighted by atomic mass is 28.3. The fourth-order valence-electron chi connectivity index (χ4n) is 1.99. The molecule has 0 radical (unpaired) electrons. The van der Waals surface area contributed by atoms with E-state index in [1.165, 1.54) is 5.19 Å². The van der Waals surface area contributed by atoms with Crippen molar-refractivity contribution < 1.29 is 9.63 Å². The molecule has 22 heavy (non-hydrogen) atoms. The van der Waals surface area contributed by atoms with Gasteiger partial charge in [0.2, 0.25) is 0 Å². The van der Waals surface area contributed by atoms with Crippen LogP contribution in [-0.2, 0) is 11.4 Å². The maximum atomic E-state index is 11.8. The summed E-state index contributed by atoms with van der Waals surface area (Å²) in [6.07, 6.45) is 0. The number of rotatable bonds is 6. The van der Waals surface area contributed by atoms with Crippen molar-refractivity contribution in [1.82, 2.24) is 5.48 Å². The summed E-state index contributed by atoms with van der Waals surface area (Å²) in [6, 6.07) is 17.3. The second kappa shape index (κ2) is 7.20. The van der Waals surface area contributed by atoms with Gasteiger partial charge < -0.3 is 4.84 Å². The van der Waals surface area contributed by atoms with Crippen LogP contribution in [0.4, 0.5) is 0 Å². The van der Waals surface area contributed by atoms with Gasteiger partial charge in [-0.3, -0.25) is 0 Å². The van der Waals surface area contributed by atoms with Crippen LogP contribution in [0.3, 0.4) is 0 Å². The molecular formula is C18H21NO2Si. The van der Waals surface area contributed by atoms with E-state index >= 15 is 0 Å². The second-order valence-corrected chi connectivity index (χ2v) is 10.1. The largest absolute Gasteiger partial charge is 0.366 e. The highest BCUT2D eigenvalue weighted by Gasteiger charge is 2.18. The molecule has 0 aliphatic rings. The van der Waals surface area contributed by atoms with Gasteiger partial charge in [0.25, 0.3) is 0 Å². The summed E-state index contributed by atoms with van der Waals surface area (Å²) in [5, 5.41) is 1.34. The van der Waals surface area contributed by atoms with E-state index in [4.69, 9.17) is 4.84 Å². The summed E-state index contributed by atoms with van der Waals surface area (Å²) >= 11 is 0. The smallest absolute Gasteiger partial charge is 0.356 e. The Labute approximate surface area is 132 Å². The normalized spacial score (nSPS) is 11.0. The molecule has 0 aromatic heterocycles. The van der Waals surface area contributed by atoms with Crippen LogP contribution >= 0.6 is 0 Å². The molecule has 0 saturated heterocycles. The quantitative estimate of drug-likeness (QED) is 0.658. The van der Waals surface area contributed by atoms with Gasteiger partial charge in [0.1, 0.15) is 8.07 Å². The van der Waals surface area contributed by atoms with Crippen molar-refractivity contribution in [2.75, 3.05) is 0 Å². The van der Waals surface area contributed by atoms with Gasteiger partial charge in [-0.25, -0.2) is 4.79 Å². The molecule has 1 N–H and O–H groups in total. The number of carbonyl (C=O) groups excluding carboxylic acids is 1. The minimum atomic E-state index is -1.51. The zero-order valence-corrected chi connectivity index (χ0v) is 14.0. The van der Waals surface area contributed by atoms with E-state index < -0.39 is 8.07 Å². The summed E-state index contributed by atoms with van der Waals surface area (Å²) in [4.78, 5) is 16.8. The fraction of sp³-hybridized carbons (Fsp3) is 0.167. The van der Waals surface area contributed by atoms with E-state index in [2.05, 4.69) is 55.1 Å². The zero-order chi connectivity index (χ0) is 16.0. The Hall–Kier alpha value is -2.17. The minimum absolute atomic E-state index is 0.377. The predicted octanol–water partition coefficient (Wildman–Crippen LogP) is 3.19. The first-order valence-corrected chi connectivity index (χ1v) is 10.3. The van der Waals surface area contributed by atoms with Gasteiger partial charge in [-0.05, 0) is 17.7 Å². The zero-order valence-electron chi connectivity index (χ0n) is 13.0. The fourth-order valence-corrected chi connectivity index (χ4v) is 3.25. The number of benzene rings is 2. The molecule has 0 heterocycles. The first kappa shape index (κ1) is 16.2. The molecule has 0 atom stereocenters. The first-order chi connectivity index (χ1) is 10.5. The molecule has 114 valence electrons. The summed E-state index contributed by atoms with van der Waals surface area (Å²) in [7, 11) is -1.51. The van der Waals surface area contributed by atoms with E-state index in [0.717, 1.165) is 5.56 Å². The molecule has 3 nitrogen and oxygen atoms in total. The van der Waals surface area contributed by atoms with E-state index in [-0.39, 0.29) is 5.97 Å². The van der Waals surface area contributed by atoms with E-state index in [1.54, 1.807) is 24.3 Å². The molecule has 0 amide bonds. The van der Waals surface area contributed by atoms with Crippen molar-refractivity contribution in [2.24, 2.45) is 0 Å². The number of hydrogen-bond donors (Lipinski definition) is 1. The van der Waals surface area contributed by atoms with Gasteiger partial charge in [-0.1, -0.05) is 66.4 Å². The maximum absolute atomic E-state index is 11.8. The van der Waals surface area contributed by atoms with Crippen molar-refractivity contribution in [2.45, 2.75) is 19.6 Å². The Balaban J connectivity index is 1.87. The van der Waals surface area contributed by atoms with Crippen molar-refractivity contribution in [3.8, 4) is 0 Å². The van der Waals surface area contributed by atoms with Gasteiger partial charge in [0, 0.05) is 0 Å². The summed E-state index contributed by atoms with van der Waals surface area (Å²) in [6.45, 7) is 8.92. The van der Waals surface area contributed by atoms with E-state index in [1.807, 2.05) is 6.07 Å². The Morgan fingerprint density at radius 1 is 1.14 bits per heavy atom. The molecule has 4 heteroatoms. The number of nitrogens with one attached hydrogen (secondary N) is 1. The maximum Gasteiger partial charge on any atom is 0.356 e. The van der Waals surface area contributed by atoms with Crippen LogP contribution in [0.1, 0.15) is 15.9 Å². The SMILES string of the molecule is C=C[Si](C)(C)c1ccc(CNOC(=O)c2ccccc2)cc1. The highest BCUT2D eigenvalue weighted by molar-refractivity contribution is 6.93. The van der Waals surface area contributed by atoms with Crippen molar-refractivity contribution in [1.29, 1.82) is 0 Å². The van der Waals surface area contributed by atoms with Gasteiger partial charge in [-0.15, -0.1) is 12.1 Å². The van der Waals surface area contributed by atoms with Crippen molar-refractivity contribution >= 4 is 19.2 Å². The topological polar surface area (TPSA) is 38.3 Å². The molecule has 0 bridgehead atoms. The monoisotopic (exact) mass is 311 g/mol. The lowest BCUT2D eigenvalue weighted by Gasteiger charge is -2.18. The van der Waals surface area contributed by atoms with Crippen LogP contribution in [0.5, 0.6) is 0 Å². The third kappa shape index (κ3) is 4.16. The Morgan fingerprint density at radius 3 is 2.36 bits per heavy atom. The second-order valence-electron chi connectivity index (χ2n) is 5.70. The highest BCUT2D eigenvalue weighted by Crippen LogP contribution is 2.06. The Bertz CT molecular complexity index is 636. The Morgan fingerprint density at radius 2 is 1.77 bits per heavy atom. The van der Waals surface area contributed by atoms with Gasteiger partial charge in [-0.2, -0.15) is 0 Å². The average Bonchev–Trinajstić information content (AvgIpc) is 2.56. The first-order valence-electron chi connectivity index (χ1n) is 7.25. The molecule has 0 fully saturated rings. The molecular weight excluding hydrogens is 290 g/mol. The van der Waals surface area contributed by atoms with Crippen LogP contribution in [0.15, 0.2) is 66.9 Å². The summed E-state index contributed by atoms with van der Waals surface area (Å²) in [5.74, 6) is -0.377. The molecule has 0 spiro atoms. The standard InChI is InChI=1S/C18H21NO2Si/c1-4-22(2,3)17-12-10-15(11-13-17)14-19-21-18(20)16-8-6-5-7-9-16/h4-13,19H,1,14H2,2-3H3. The minimum Gasteiger partial charge on any atom is -0.366 e. The molecule has 0 unspecified atom stereocenters. The van der Waals surface area contributed by atoms with Crippen LogP contribution in [0.25, 0.3) is 0 Å². The average molecular weight is 311 g/mol. The lowest BCUT2D eigenvalue weighted by Crippen LogP contribution is -2.39. The number of carbonyl (C=O) groups is 1. The third-order valence-corrected chi connectivity index (χ3v) is 6.50. The molecule has 0 saturated carbocycles.